The van der Waals surface area contributed by atoms with Crippen LogP contribution < -0.4 is 20.6 Å². The summed E-state index contributed by atoms with van der Waals surface area (Å²) in [5, 5.41) is 29.0. The third-order valence-electron chi connectivity index (χ3n) is 2.91. The fraction of sp³-hybridized carbons (Fsp3) is 0.0667. The molecule has 0 radical (unpaired) electrons. The second-order valence-electron chi connectivity index (χ2n) is 4.51. The quantitative estimate of drug-likeness (QED) is 0.369. The summed E-state index contributed by atoms with van der Waals surface area (Å²) in [4.78, 5) is 9.99. The zero-order chi connectivity index (χ0) is 17.5. The highest BCUT2D eigenvalue weighted by Gasteiger charge is 2.07. The van der Waals surface area contributed by atoms with Gasteiger partial charge in [-0.25, -0.2) is 0 Å². The van der Waals surface area contributed by atoms with Gasteiger partial charge in [0.05, 0.1) is 23.9 Å². The lowest BCUT2D eigenvalue weighted by atomic mass is 10.2. The number of nitrogens with zero attached hydrogens (tertiary/aromatic N) is 2. The molecule has 2 aromatic carbocycles. The first-order valence-corrected chi connectivity index (χ1v) is 7.10. The maximum absolute atomic E-state index is 11.3. The van der Waals surface area contributed by atoms with Crippen LogP contribution in [-0.2, 0) is 0 Å². The molecule has 0 saturated carbocycles. The van der Waals surface area contributed by atoms with Crippen LogP contribution in [0.1, 0.15) is 5.56 Å². The number of nitrogens with one attached hydrogen (secondary N) is 2. The second kappa shape index (κ2) is 7.88. The van der Waals surface area contributed by atoms with E-state index in [0.717, 1.165) is 12.1 Å². The predicted octanol–water partition coefficient (Wildman–Crippen LogP) is 2.00. The summed E-state index contributed by atoms with van der Waals surface area (Å²) in [6.07, 6.45) is 1.32. The number of nitro benzene ring substituents is 1. The topological polar surface area (TPSA) is 112 Å². The average molecular weight is 345 g/mol. The summed E-state index contributed by atoms with van der Waals surface area (Å²) in [6.45, 7) is 0. The van der Waals surface area contributed by atoms with Gasteiger partial charge in [0.2, 0.25) is 0 Å². The van der Waals surface area contributed by atoms with Crippen molar-refractivity contribution in [2.24, 2.45) is 5.10 Å². The molecule has 124 valence electrons. The van der Waals surface area contributed by atoms with E-state index in [2.05, 4.69) is 15.8 Å². The second-order valence-corrected chi connectivity index (χ2v) is 4.92. The number of hydrogen-bond donors (Lipinski definition) is 2. The van der Waals surface area contributed by atoms with Gasteiger partial charge in [0.25, 0.3) is 5.69 Å². The first-order chi connectivity index (χ1) is 11.5. The average Bonchev–Trinajstić information content (AvgIpc) is 2.56. The molecule has 0 atom stereocenters. The van der Waals surface area contributed by atoms with Crippen LogP contribution in [0.4, 0.5) is 11.4 Å². The SMILES string of the molecule is COc1ccccc1NC(=S)N/N=C\c1ccc([O-])c([N+](=O)[O-])c1. The molecule has 0 heterocycles. The van der Waals surface area contributed by atoms with E-state index in [1.54, 1.807) is 19.2 Å². The van der Waals surface area contributed by atoms with Gasteiger partial charge in [-0.15, -0.1) is 0 Å². The van der Waals surface area contributed by atoms with E-state index in [1.165, 1.54) is 12.3 Å². The molecule has 0 aliphatic rings. The molecule has 2 aromatic rings. The number of nitro groups is 1. The molecule has 2 rings (SSSR count). The van der Waals surface area contributed by atoms with E-state index in [-0.39, 0.29) is 5.11 Å². The van der Waals surface area contributed by atoms with Crippen molar-refractivity contribution in [1.82, 2.24) is 5.43 Å². The van der Waals surface area contributed by atoms with Crippen molar-refractivity contribution in [3.8, 4) is 11.5 Å². The van der Waals surface area contributed by atoms with Crippen molar-refractivity contribution in [2.45, 2.75) is 0 Å². The Hall–Kier alpha value is -3.20. The van der Waals surface area contributed by atoms with Gasteiger partial charge in [0.15, 0.2) is 5.11 Å². The van der Waals surface area contributed by atoms with Crippen LogP contribution in [0.3, 0.4) is 0 Å². The fourth-order valence-corrected chi connectivity index (χ4v) is 1.98. The molecule has 0 bridgehead atoms. The minimum atomic E-state index is -0.735. The van der Waals surface area contributed by atoms with E-state index in [1.807, 2.05) is 12.1 Å². The lowest BCUT2D eigenvalue weighted by Crippen LogP contribution is -2.24. The van der Waals surface area contributed by atoms with Crippen LogP contribution >= 0.6 is 12.2 Å². The van der Waals surface area contributed by atoms with E-state index in [4.69, 9.17) is 17.0 Å². The van der Waals surface area contributed by atoms with Gasteiger partial charge in [-0.2, -0.15) is 5.10 Å². The van der Waals surface area contributed by atoms with Crippen molar-refractivity contribution in [1.29, 1.82) is 0 Å². The summed E-state index contributed by atoms with van der Waals surface area (Å²) < 4.78 is 5.19. The number of benzene rings is 2. The summed E-state index contributed by atoms with van der Waals surface area (Å²) in [5.74, 6) is -0.0363. The number of thiocarbonyl (C=S) groups is 1. The van der Waals surface area contributed by atoms with Crippen molar-refractivity contribution < 1.29 is 14.8 Å². The van der Waals surface area contributed by atoms with Gasteiger partial charge in [0.1, 0.15) is 5.75 Å². The van der Waals surface area contributed by atoms with E-state index in [0.29, 0.717) is 17.0 Å². The van der Waals surface area contributed by atoms with E-state index < -0.39 is 16.4 Å². The summed E-state index contributed by atoms with van der Waals surface area (Å²) in [6, 6.07) is 10.9. The molecule has 2 N–H and O–H groups in total. The molecule has 0 unspecified atom stereocenters. The minimum Gasteiger partial charge on any atom is -0.868 e. The highest BCUT2D eigenvalue weighted by atomic mass is 32.1. The van der Waals surface area contributed by atoms with Crippen LogP contribution in [0.25, 0.3) is 0 Å². The molecule has 0 spiro atoms. The number of ether oxygens (including phenoxy) is 1. The van der Waals surface area contributed by atoms with E-state index >= 15 is 0 Å². The van der Waals surface area contributed by atoms with Crippen LogP contribution in [0.5, 0.6) is 11.5 Å². The zero-order valence-corrected chi connectivity index (χ0v) is 13.4. The van der Waals surface area contributed by atoms with Crippen LogP contribution in [-0.4, -0.2) is 23.4 Å². The third-order valence-corrected chi connectivity index (χ3v) is 3.11. The number of methoxy groups -OCH3 is 1. The predicted molar refractivity (Wildman–Crippen MR) is 92.5 cm³/mol. The number of anilines is 1. The standard InChI is InChI=1S/C15H14N4O4S/c1-23-14-5-3-2-4-11(14)17-15(24)18-16-9-10-6-7-13(20)12(8-10)19(21)22/h2-9,20H,1H3,(H2,17,18,24)/p-1/b16-9-. The minimum absolute atomic E-state index is 0.214. The van der Waals surface area contributed by atoms with Crippen LogP contribution in [0, 0.1) is 10.1 Å². The summed E-state index contributed by atoms with van der Waals surface area (Å²) in [5.41, 5.74) is 3.14. The Kier molecular flexibility index (Phi) is 5.63. The third kappa shape index (κ3) is 4.40. The molecule has 0 amide bonds. The molecule has 0 fully saturated rings. The van der Waals surface area contributed by atoms with Crippen molar-refractivity contribution in [2.75, 3.05) is 12.4 Å². The maximum atomic E-state index is 11.3. The highest BCUT2D eigenvalue weighted by Crippen LogP contribution is 2.23. The van der Waals surface area contributed by atoms with E-state index in [9.17, 15) is 15.2 Å². The van der Waals surface area contributed by atoms with Crippen LogP contribution in [0.2, 0.25) is 0 Å². The molecule has 8 nitrogen and oxygen atoms in total. The smallest absolute Gasteiger partial charge is 0.262 e. The Morgan fingerprint density at radius 2 is 2.08 bits per heavy atom. The lowest BCUT2D eigenvalue weighted by molar-refractivity contribution is -0.398. The Morgan fingerprint density at radius 1 is 1.33 bits per heavy atom. The summed E-state index contributed by atoms with van der Waals surface area (Å²) >= 11 is 5.10. The molecule has 0 aliphatic carbocycles. The molecule has 9 heteroatoms. The molecule has 24 heavy (non-hydrogen) atoms. The van der Waals surface area contributed by atoms with Gasteiger partial charge in [-0.3, -0.25) is 15.5 Å². The van der Waals surface area contributed by atoms with Gasteiger partial charge in [0, 0.05) is 11.6 Å². The Labute approximate surface area is 142 Å². The first kappa shape index (κ1) is 17.2. The summed E-state index contributed by atoms with van der Waals surface area (Å²) in [7, 11) is 1.54. The van der Waals surface area contributed by atoms with Crippen molar-refractivity contribution in [3.05, 3.63) is 58.1 Å². The van der Waals surface area contributed by atoms with Gasteiger partial charge < -0.3 is 15.2 Å². The molecule has 0 saturated heterocycles. The number of hydrazone groups is 1. The van der Waals surface area contributed by atoms with Gasteiger partial charge in [-0.1, -0.05) is 24.3 Å². The van der Waals surface area contributed by atoms with Gasteiger partial charge in [-0.05, 0) is 30.1 Å². The Bertz CT molecular complexity index is 795. The maximum Gasteiger partial charge on any atom is 0.262 e. The molecule has 0 aromatic heterocycles. The van der Waals surface area contributed by atoms with Crippen LogP contribution in [0.15, 0.2) is 47.6 Å². The largest absolute Gasteiger partial charge is 0.868 e. The number of para-hydroxylation sites is 2. The monoisotopic (exact) mass is 345 g/mol. The fourth-order valence-electron chi connectivity index (χ4n) is 1.82. The molecular formula is C15H13N4O4S-. The number of hydrogen-bond acceptors (Lipinski definition) is 6. The van der Waals surface area contributed by atoms with Gasteiger partial charge >= 0.3 is 0 Å². The number of rotatable bonds is 5. The highest BCUT2D eigenvalue weighted by molar-refractivity contribution is 7.80. The normalized spacial score (nSPS) is 10.4. The molecule has 0 aliphatic heterocycles. The Balaban J connectivity index is 2.00. The Morgan fingerprint density at radius 3 is 2.79 bits per heavy atom. The zero-order valence-electron chi connectivity index (χ0n) is 12.6. The first-order valence-electron chi connectivity index (χ1n) is 6.70. The van der Waals surface area contributed by atoms with Crippen molar-refractivity contribution >= 4 is 34.9 Å². The lowest BCUT2D eigenvalue weighted by Gasteiger charge is -2.10. The molecular weight excluding hydrogens is 332 g/mol. The van der Waals surface area contributed by atoms with Crippen molar-refractivity contribution in [3.63, 3.8) is 0 Å².